The van der Waals surface area contributed by atoms with Gasteiger partial charge in [-0.25, -0.2) is 13.2 Å². The van der Waals surface area contributed by atoms with Gasteiger partial charge >= 0.3 is 5.97 Å². The van der Waals surface area contributed by atoms with E-state index in [1.807, 2.05) is 0 Å². The molecule has 0 aliphatic rings. The number of hydrogen-bond donors (Lipinski definition) is 1. The number of aromatic nitrogens is 2. The van der Waals surface area contributed by atoms with Gasteiger partial charge in [-0.15, -0.1) is 21.5 Å². The Morgan fingerprint density at radius 1 is 1.23 bits per heavy atom. The van der Waals surface area contributed by atoms with E-state index in [4.69, 9.17) is 9.47 Å². The van der Waals surface area contributed by atoms with Crippen LogP contribution < -0.4 is 14.8 Å². The Morgan fingerprint density at radius 3 is 2.63 bits per heavy atom. The van der Waals surface area contributed by atoms with E-state index in [0.29, 0.717) is 21.8 Å². The zero-order valence-corrected chi connectivity index (χ0v) is 21.3. The highest BCUT2D eigenvalue weighted by atomic mass is 32.2. The largest absolute Gasteiger partial charge is 0.493 e. The number of thiophene rings is 1. The minimum Gasteiger partial charge on any atom is -0.493 e. The lowest BCUT2D eigenvalue weighted by Gasteiger charge is -2.09. The first kappa shape index (κ1) is 26.0. The summed E-state index contributed by atoms with van der Waals surface area (Å²) in [5, 5.41) is 20.9. The van der Waals surface area contributed by atoms with Crippen molar-refractivity contribution in [1.82, 2.24) is 10.2 Å². The molecule has 0 atom stereocenters. The molecule has 182 valence electrons. The summed E-state index contributed by atoms with van der Waals surface area (Å²) in [6.45, 7) is 3.53. The second-order valence-electron chi connectivity index (χ2n) is 7.45. The third kappa shape index (κ3) is 6.72. The van der Waals surface area contributed by atoms with E-state index >= 15 is 0 Å². The number of methoxy groups -OCH3 is 1. The van der Waals surface area contributed by atoms with E-state index in [9.17, 15) is 23.3 Å². The number of anilines is 1. The summed E-state index contributed by atoms with van der Waals surface area (Å²) in [5.74, 6) is -1.12. The molecule has 1 amide bonds. The van der Waals surface area contributed by atoms with Crippen LogP contribution in [-0.4, -0.2) is 43.4 Å². The SMILES string of the molecule is COc1cc(/C=C(/C#N)C(=O)Nc2nnc(S(=O)(=O)CC(C)C)s2)ccc1OC(=O)c1cccs1. The molecule has 10 nitrogen and oxygen atoms in total. The fourth-order valence-electron chi connectivity index (χ4n) is 2.78. The predicted molar refractivity (Wildman–Crippen MR) is 131 cm³/mol. The third-order valence-electron chi connectivity index (χ3n) is 4.23. The summed E-state index contributed by atoms with van der Waals surface area (Å²) in [4.78, 5) is 25.2. The lowest BCUT2D eigenvalue weighted by Crippen LogP contribution is -2.13. The average molecular weight is 533 g/mol. The minimum absolute atomic E-state index is 0.0492. The zero-order valence-electron chi connectivity index (χ0n) is 18.8. The molecule has 0 bridgehead atoms. The molecule has 3 rings (SSSR count). The second-order valence-corrected chi connectivity index (χ2v) is 11.6. The van der Waals surface area contributed by atoms with Gasteiger partial charge in [-0.3, -0.25) is 10.1 Å². The highest BCUT2D eigenvalue weighted by Gasteiger charge is 2.23. The third-order valence-corrected chi connectivity index (χ3v) is 8.45. The summed E-state index contributed by atoms with van der Waals surface area (Å²) in [6.07, 6.45) is 1.31. The van der Waals surface area contributed by atoms with Crippen LogP contribution in [0.5, 0.6) is 11.5 Å². The first-order valence-corrected chi connectivity index (χ1v) is 13.4. The van der Waals surface area contributed by atoms with Gasteiger partial charge in [-0.1, -0.05) is 37.3 Å². The van der Waals surface area contributed by atoms with E-state index in [2.05, 4.69) is 15.5 Å². The monoisotopic (exact) mass is 532 g/mol. The Labute approximate surface area is 209 Å². The van der Waals surface area contributed by atoms with Gasteiger partial charge in [0.2, 0.25) is 19.3 Å². The molecule has 2 aromatic heterocycles. The summed E-state index contributed by atoms with van der Waals surface area (Å²) in [7, 11) is -2.23. The highest BCUT2D eigenvalue weighted by molar-refractivity contribution is 7.93. The summed E-state index contributed by atoms with van der Waals surface area (Å²) in [6, 6.07) is 9.70. The van der Waals surface area contributed by atoms with Gasteiger partial charge in [0.15, 0.2) is 11.5 Å². The van der Waals surface area contributed by atoms with Crippen LogP contribution in [0.1, 0.15) is 29.1 Å². The molecule has 0 unspecified atom stereocenters. The molecular formula is C22H20N4O6S3. The van der Waals surface area contributed by atoms with Gasteiger partial charge in [0.05, 0.1) is 12.9 Å². The summed E-state index contributed by atoms with van der Waals surface area (Å²) in [5.41, 5.74) is 0.166. The second kappa shape index (κ2) is 11.2. The quantitative estimate of drug-likeness (QED) is 0.143. The molecule has 1 aromatic carbocycles. The molecule has 0 radical (unpaired) electrons. The number of ether oxygens (including phenoxy) is 2. The fraction of sp³-hybridized carbons (Fsp3) is 0.227. The number of benzene rings is 1. The van der Waals surface area contributed by atoms with Crippen molar-refractivity contribution in [1.29, 1.82) is 5.26 Å². The molecule has 0 saturated carbocycles. The molecule has 0 aliphatic heterocycles. The fourth-order valence-corrected chi connectivity index (χ4v) is 5.98. The van der Waals surface area contributed by atoms with Crippen LogP contribution in [0.25, 0.3) is 6.08 Å². The molecule has 0 spiro atoms. The number of carbonyl (C=O) groups excluding carboxylic acids is 2. The molecule has 0 fully saturated rings. The Balaban J connectivity index is 1.76. The van der Waals surface area contributed by atoms with E-state index in [1.165, 1.54) is 36.7 Å². The molecule has 35 heavy (non-hydrogen) atoms. The highest BCUT2D eigenvalue weighted by Crippen LogP contribution is 2.30. The number of nitrogens with zero attached hydrogens (tertiary/aromatic N) is 3. The molecular weight excluding hydrogens is 512 g/mol. The first-order chi connectivity index (χ1) is 16.6. The Kier molecular flexibility index (Phi) is 8.34. The van der Waals surface area contributed by atoms with Gasteiger partial charge in [0.1, 0.15) is 16.5 Å². The Bertz CT molecular complexity index is 1400. The van der Waals surface area contributed by atoms with E-state index < -0.39 is 21.7 Å². The molecule has 0 aliphatic carbocycles. The van der Waals surface area contributed by atoms with Gasteiger partial charge in [0, 0.05) is 0 Å². The molecule has 2 heterocycles. The number of nitrogens with one attached hydrogen (secondary N) is 1. The lowest BCUT2D eigenvalue weighted by atomic mass is 10.1. The van der Waals surface area contributed by atoms with Crippen molar-refractivity contribution in [3.05, 3.63) is 51.7 Å². The van der Waals surface area contributed by atoms with E-state index in [1.54, 1.807) is 43.5 Å². The maximum absolute atomic E-state index is 12.6. The summed E-state index contributed by atoms with van der Waals surface area (Å²) >= 11 is 1.95. The normalized spacial score (nSPS) is 11.7. The van der Waals surface area contributed by atoms with Crippen molar-refractivity contribution in [2.24, 2.45) is 5.92 Å². The number of amides is 1. The molecule has 13 heteroatoms. The van der Waals surface area contributed by atoms with Crippen LogP contribution in [0.2, 0.25) is 0 Å². The standard InChI is InChI=1S/C22H20N4O6S3/c1-13(2)12-35(29,30)22-26-25-21(34-22)24-19(27)15(11-23)9-14-6-7-16(17(10-14)31-3)32-20(28)18-5-4-8-33-18/h4-10,13H,12H2,1-3H3,(H,24,25,27)/b15-9-. The lowest BCUT2D eigenvalue weighted by molar-refractivity contribution is -0.112. The average Bonchev–Trinajstić information content (AvgIpc) is 3.50. The molecule has 1 N–H and O–H groups in total. The van der Waals surface area contributed by atoms with Crippen LogP contribution in [0.15, 0.2) is 45.6 Å². The molecule has 3 aromatic rings. The van der Waals surface area contributed by atoms with E-state index in [-0.39, 0.29) is 38.2 Å². The predicted octanol–water partition coefficient (Wildman–Crippen LogP) is 3.80. The Hall–Kier alpha value is -3.60. The first-order valence-electron chi connectivity index (χ1n) is 10.1. The number of esters is 1. The molecule has 0 saturated heterocycles. The van der Waals surface area contributed by atoms with Crippen LogP contribution >= 0.6 is 22.7 Å². The van der Waals surface area contributed by atoms with Crippen molar-refractivity contribution in [2.75, 3.05) is 18.2 Å². The number of carbonyl (C=O) groups is 2. The van der Waals surface area contributed by atoms with Gasteiger partial charge in [-0.05, 0) is 41.1 Å². The van der Waals surface area contributed by atoms with Crippen LogP contribution in [0.4, 0.5) is 5.13 Å². The Morgan fingerprint density at radius 2 is 2.00 bits per heavy atom. The number of nitriles is 1. The van der Waals surface area contributed by atoms with Crippen LogP contribution in [0.3, 0.4) is 0 Å². The van der Waals surface area contributed by atoms with Gasteiger partial charge < -0.3 is 9.47 Å². The smallest absolute Gasteiger partial charge is 0.353 e. The number of rotatable bonds is 9. The van der Waals surface area contributed by atoms with E-state index in [0.717, 1.165) is 0 Å². The summed E-state index contributed by atoms with van der Waals surface area (Å²) < 4.78 is 35.0. The van der Waals surface area contributed by atoms with Gasteiger partial charge in [0.25, 0.3) is 5.91 Å². The van der Waals surface area contributed by atoms with Crippen LogP contribution in [0, 0.1) is 17.2 Å². The van der Waals surface area contributed by atoms with Crippen molar-refractivity contribution in [3.63, 3.8) is 0 Å². The number of hydrogen-bond acceptors (Lipinski definition) is 11. The van der Waals surface area contributed by atoms with Crippen molar-refractivity contribution >= 4 is 55.6 Å². The minimum atomic E-state index is -3.62. The van der Waals surface area contributed by atoms with Gasteiger partial charge in [-0.2, -0.15) is 5.26 Å². The van der Waals surface area contributed by atoms with Crippen molar-refractivity contribution in [3.8, 4) is 17.6 Å². The maximum atomic E-state index is 12.6. The van der Waals surface area contributed by atoms with Crippen molar-refractivity contribution in [2.45, 2.75) is 18.2 Å². The van der Waals surface area contributed by atoms with Crippen LogP contribution in [-0.2, 0) is 14.6 Å². The van der Waals surface area contributed by atoms with Crippen molar-refractivity contribution < 1.29 is 27.5 Å². The maximum Gasteiger partial charge on any atom is 0.353 e. The topological polar surface area (TPSA) is 148 Å². The number of sulfone groups is 1. The zero-order chi connectivity index (χ0) is 25.6.